The van der Waals surface area contributed by atoms with Crippen LogP contribution >= 0.6 is 15.9 Å². The number of nitrogens with one attached hydrogen (secondary N) is 1. The number of benzene rings is 4. The van der Waals surface area contributed by atoms with E-state index in [-0.39, 0.29) is 5.69 Å². The number of ether oxygens (including phenoxy) is 2. The van der Waals surface area contributed by atoms with Crippen LogP contribution in [0.15, 0.2) is 102 Å². The summed E-state index contributed by atoms with van der Waals surface area (Å²) < 4.78 is 12.5. The maximum atomic E-state index is 10.8. The zero-order valence-corrected chi connectivity index (χ0v) is 19.2. The maximum Gasteiger partial charge on any atom is 0.269 e. The van der Waals surface area contributed by atoms with Gasteiger partial charge in [-0.25, -0.2) is 0 Å². The average molecular weight is 505 g/mol. The number of non-ortho nitro benzene ring substituents is 1. The Kier molecular flexibility index (Phi) is 7.22. The molecule has 0 heterocycles. The van der Waals surface area contributed by atoms with E-state index in [9.17, 15) is 10.1 Å². The summed E-state index contributed by atoms with van der Waals surface area (Å²) in [5.41, 5.74) is 3.01. The van der Waals surface area contributed by atoms with E-state index in [0.717, 1.165) is 32.8 Å². The number of halogens is 1. The fraction of sp³-hybridized carbons (Fsp3) is 0.0769. The van der Waals surface area contributed by atoms with Gasteiger partial charge in [0.15, 0.2) is 0 Å². The predicted molar refractivity (Wildman–Crippen MR) is 132 cm³/mol. The molecule has 0 fully saturated rings. The van der Waals surface area contributed by atoms with Crippen molar-refractivity contribution in [2.45, 2.75) is 13.2 Å². The van der Waals surface area contributed by atoms with E-state index in [1.807, 2.05) is 72.8 Å². The summed E-state index contributed by atoms with van der Waals surface area (Å²) >= 11 is 3.56. The topological polar surface area (TPSA) is 73.6 Å². The second kappa shape index (κ2) is 10.7. The number of anilines is 1. The number of nitro groups is 1. The third-order valence-electron chi connectivity index (χ3n) is 4.87. The molecule has 0 aliphatic carbocycles. The van der Waals surface area contributed by atoms with Gasteiger partial charge >= 0.3 is 0 Å². The van der Waals surface area contributed by atoms with Crippen LogP contribution in [0.5, 0.6) is 17.2 Å². The molecular weight excluding hydrogens is 484 g/mol. The van der Waals surface area contributed by atoms with Crippen molar-refractivity contribution in [3.63, 3.8) is 0 Å². The highest BCUT2D eigenvalue weighted by atomic mass is 79.9. The summed E-state index contributed by atoms with van der Waals surface area (Å²) in [4.78, 5) is 10.3. The molecule has 1 N–H and O–H groups in total. The Bertz CT molecular complexity index is 1210. The Labute approximate surface area is 200 Å². The molecule has 4 rings (SSSR count). The minimum Gasteiger partial charge on any atom is -0.488 e. The molecule has 0 amide bonds. The highest BCUT2D eigenvalue weighted by molar-refractivity contribution is 9.10. The second-order valence-electron chi connectivity index (χ2n) is 7.27. The Balaban J connectivity index is 1.29. The molecule has 0 aliphatic rings. The van der Waals surface area contributed by atoms with Crippen molar-refractivity contribution in [3.8, 4) is 17.2 Å². The Morgan fingerprint density at radius 2 is 1.48 bits per heavy atom. The third-order valence-corrected chi connectivity index (χ3v) is 5.49. The van der Waals surface area contributed by atoms with Gasteiger partial charge in [-0.15, -0.1) is 0 Å². The minimum atomic E-state index is -0.416. The molecule has 33 heavy (non-hydrogen) atoms. The standard InChI is InChI=1S/C26H21BrN2O4/c27-25-16-20(8-15-26(25)32-18-19-6-11-22(12-7-19)29(30)31)17-28-21-9-13-24(14-10-21)33-23-4-2-1-3-5-23/h1-16,28H,17-18H2. The van der Waals surface area contributed by atoms with E-state index in [4.69, 9.17) is 9.47 Å². The van der Waals surface area contributed by atoms with Crippen molar-refractivity contribution in [2.75, 3.05) is 5.32 Å². The average Bonchev–Trinajstić information content (AvgIpc) is 2.84. The SMILES string of the molecule is O=[N+]([O-])c1ccc(COc2ccc(CNc3ccc(Oc4ccccc4)cc3)cc2Br)cc1. The second-order valence-corrected chi connectivity index (χ2v) is 8.12. The first kappa shape index (κ1) is 22.4. The predicted octanol–water partition coefficient (Wildman–Crippen LogP) is 7.34. The zero-order chi connectivity index (χ0) is 23.0. The van der Waals surface area contributed by atoms with E-state index >= 15 is 0 Å². The summed E-state index contributed by atoms with van der Waals surface area (Å²) in [5, 5.41) is 14.2. The zero-order valence-electron chi connectivity index (χ0n) is 17.6. The van der Waals surface area contributed by atoms with Crippen LogP contribution in [0.1, 0.15) is 11.1 Å². The lowest BCUT2D eigenvalue weighted by Gasteiger charge is -2.12. The number of nitro benzene ring substituents is 1. The lowest BCUT2D eigenvalue weighted by Crippen LogP contribution is -2.01. The van der Waals surface area contributed by atoms with Crippen LogP contribution in [0, 0.1) is 10.1 Å². The van der Waals surface area contributed by atoms with Crippen molar-refractivity contribution in [2.24, 2.45) is 0 Å². The van der Waals surface area contributed by atoms with Gasteiger partial charge in [0, 0.05) is 24.4 Å². The van der Waals surface area contributed by atoms with Gasteiger partial charge in [0.25, 0.3) is 5.69 Å². The lowest BCUT2D eigenvalue weighted by molar-refractivity contribution is -0.384. The van der Waals surface area contributed by atoms with Crippen LogP contribution < -0.4 is 14.8 Å². The van der Waals surface area contributed by atoms with Gasteiger partial charge in [-0.3, -0.25) is 10.1 Å². The van der Waals surface area contributed by atoms with Gasteiger partial charge in [0.05, 0.1) is 9.40 Å². The molecule has 7 heteroatoms. The monoisotopic (exact) mass is 504 g/mol. The van der Waals surface area contributed by atoms with E-state index in [2.05, 4.69) is 21.2 Å². The molecule has 0 saturated heterocycles. The number of hydrogen-bond acceptors (Lipinski definition) is 5. The molecule has 0 aliphatic heterocycles. The van der Waals surface area contributed by atoms with Crippen LogP contribution in [-0.4, -0.2) is 4.92 Å². The number of nitrogens with zero attached hydrogens (tertiary/aromatic N) is 1. The van der Waals surface area contributed by atoms with Gasteiger partial charge in [0.1, 0.15) is 23.9 Å². The largest absolute Gasteiger partial charge is 0.488 e. The Hall–Kier alpha value is -3.84. The van der Waals surface area contributed by atoms with Crippen molar-refractivity contribution in [1.29, 1.82) is 0 Å². The quantitative estimate of drug-likeness (QED) is 0.190. The van der Waals surface area contributed by atoms with Gasteiger partial charge in [-0.2, -0.15) is 0 Å². The molecule has 4 aromatic rings. The molecule has 0 unspecified atom stereocenters. The molecule has 0 radical (unpaired) electrons. The number of para-hydroxylation sites is 1. The Morgan fingerprint density at radius 1 is 0.818 bits per heavy atom. The fourth-order valence-electron chi connectivity index (χ4n) is 3.12. The normalized spacial score (nSPS) is 10.5. The van der Waals surface area contributed by atoms with Crippen LogP contribution in [0.2, 0.25) is 0 Å². The van der Waals surface area contributed by atoms with Gasteiger partial charge in [0.2, 0.25) is 0 Å². The van der Waals surface area contributed by atoms with Crippen molar-refractivity contribution in [3.05, 3.63) is 123 Å². The Morgan fingerprint density at radius 3 is 2.15 bits per heavy atom. The van der Waals surface area contributed by atoms with E-state index < -0.39 is 4.92 Å². The smallest absolute Gasteiger partial charge is 0.269 e. The van der Waals surface area contributed by atoms with Crippen LogP contribution in [-0.2, 0) is 13.2 Å². The number of hydrogen-bond donors (Lipinski definition) is 1. The minimum absolute atomic E-state index is 0.0649. The van der Waals surface area contributed by atoms with Gasteiger partial charge in [-0.1, -0.05) is 24.3 Å². The van der Waals surface area contributed by atoms with Crippen LogP contribution in [0.4, 0.5) is 11.4 Å². The first-order chi connectivity index (χ1) is 16.1. The highest BCUT2D eigenvalue weighted by Crippen LogP contribution is 2.28. The fourth-order valence-corrected chi connectivity index (χ4v) is 3.66. The summed E-state index contributed by atoms with van der Waals surface area (Å²) in [6, 6.07) is 29.7. The molecule has 4 aromatic carbocycles. The number of rotatable bonds is 9. The molecule has 0 spiro atoms. The molecule has 166 valence electrons. The van der Waals surface area contributed by atoms with Crippen LogP contribution in [0.3, 0.4) is 0 Å². The van der Waals surface area contributed by atoms with E-state index in [1.54, 1.807) is 12.1 Å². The van der Waals surface area contributed by atoms with Crippen LogP contribution in [0.25, 0.3) is 0 Å². The molecule has 6 nitrogen and oxygen atoms in total. The molecule has 0 atom stereocenters. The summed E-state index contributed by atoms with van der Waals surface area (Å²) in [5.74, 6) is 2.29. The molecule has 0 aromatic heterocycles. The maximum absolute atomic E-state index is 10.8. The first-order valence-electron chi connectivity index (χ1n) is 10.3. The summed E-state index contributed by atoms with van der Waals surface area (Å²) in [6.07, 6.45) is 0. The molecule has 0 saturated carbocycles. The summed E-state index contributed by atoms with van der Waals surface area (Å²) in [7, 11) is 0. The van der Waals surface area contributed by atoms with Crippen molar-refractivity contribution in [1.82, 2.24) is 0 Å². The molecule has 0 bridgehead atoms. The highest BCUT2D eigenvalue weighted by Gasteiger charge is 2.07. The van der Waals surface area contributed by atoms with E-state index in [0.29, 0.717) is 18.9 Å². The lowest BCUT2D eigenvalue weighted by atomic mass is 10.2. The van der Waals surface area contributed by atoms with E-state index in [1.165, 1.54) is 12.1 Å². The third kappa shape index (κ3) is 6.33. The van der Waals surface area contributed by atoms with Gasteiger partial charge in [-0.05, 0) is 87.7 Å². The van der Waals surface area contributed by atoms with Gasteiger partial charge < -0.3 is 14.8 Å². The first-order valence-corrected chi connectivity index (χ1v) is 11.1. The molecular formula is C26H21BrN2O4. The summed E-state index contributed by atoms with van der Waals surface area (Å²) in [6.45, 7) is 0.978. The van der Waals surface area contributed by atoms with Crippen molar-refractivity contribution < 1.29 is 14.4 Å². The van der Waals surface area contributed by atoms with Crippen molar-refractivity contribution >= 4 is 27.3 Å².